The van der Waals surface area contributed by atoms with Gasteiger partial charge in [-0.2, -0.15) is 0 Å². The molecule has 0 fully saturated rings. The molecule has 2 aromatic carbocycles. The number of aromatic nitrogens is 3. The second-order valence-electron chi connectivity index (χ2n) is 7.50. The minimum atomic E-state index is -0.0298. The van der Waals surface area contributed by atoms with Crippen LogP contribution in [-0.4, -0.2) is 39.3 Å². The molecule has 8 heteroatoms. The molecule has 1 aromatic heterocycles. The molecule has 0 saturated carbocycles. The lowest BCUT2D eigenvalue weighted by molar-refractivity contribution is -0.116. The minimum absolute atomic E-state index is 0.0214. The van der Waals surface area contributed by atoms with Gasteiger partial charge < -0.3 is 14.6 Å². The summed E-state index contributed by atoms with van der Waals surface area (Å²) in [6, 6.07) is 14.6. The molecule has 0 saturated heterocycles. The van der Waals surface area contributed by atoms with Crippen molar-refractivity contribution in [2.75, 3.05) is 18.2 Å². The van der Waals surface area contributed by atoms with E-state index in [9.17, 15) is 9.59 Å². The zero-order valence-electron chi connectivity index (χ0n) is 18.1. The maximum atomic E-state index is 12.6. The Labute approximate surface area is 186 Å². The molecule has 0 bridgehead atoms. The summed E-state index contributed by atoms with van der Waals surface area (Å²) in [5, 5.41) is 12.0. The average Bonchev–Trinajstić information content (AvgIpc) is 3.12. The van der Waals surface area contributed by atoms with Gasteiger partial charge in [0.25, 0.3) is 0 Å². The normalized spacial score (nSPS) is 10.9. The first-order valence-corrected chi connectivity index (χ1v) is 11.0. The Kier molecular flexibility index (Phi) is 7.46. The quantitative estimate of drug-likeness (QED) is 0.392. The second-order valence-corrected chi connectivity index (χ2v) is 8.44. The van der Waals surface area contributed by atoms with Gasteiger partial charge in [-0.25, -0.2) is 0 Å². The molecular formula is C23H26N4O3S. The van der Waals surface area contributed by atoms with Crippen molar-refractivity contribution in [2.45, 2.75) is 25.4 Å². The highest BCUT2D eigenvalue weighted by atomic mass is 32.2. The summed E-state index contributed by atoms with van der Waals surface area (Å²) >= 11 is 1.33. The Morgan fingerprint density at radius 1 is 1.10 bits per heavy atom. The van der Waals surface area contributed by atoms with E-state index in [1.807, 2.05) is 49.7 Å². The lowest BCUT2D eigenvalue weighted by Crippen LogP contribution is -2.14. The van der Waals surface area contributed by atoms with Gasteiger partial charge in [-0.3, -0.25) is 9.59 Å². The van der Waals surface area contributed by atoms with Gasteiger partial charge in [-0.1, -0.05) is 37.7 Å². The topological polar surface area (TPSA) is 86.1 Å². The van der Waals surface area contributed by atoms with Crippen LogP contribution < -0.4 is 10.1 Å². The number of ketones is 1. The van der Waals surface area contributed by atoms with Crippen LogP contribution in [0.1, 0.15) is 30.6 Å². The van der Waals surface area contributed by atoms with E-state index >= 15 is 0 Å². The van der Waals surface area contributed by atoms with Gasteiger partial charge in [0.05, 0.1) is 18.4 Å². The lowest BCUT2D eigenvalue weighted by Gasteiger charge is -2.08. The van der Waals surface area contributed by atoms with E-state index < -0.39 is 0 Å². The maximum Gasteiger partial charge on any atom is 0.224 e. The molecule has 1 N–H and O–H groups in total. The number of para-hydroxylation sites is 1. The number of benzene rings is 2. The van der Waals surface area contributed by atoms with Crippen LogP contribution in [0.15, 0.2) is 53.7 Å². The van der Waals surface area contributed by atoms with Crippen molar-refractivity contribution >= 4 is 29.1 Å². The predicted octanol–water partition coefficient (Wildman–Crippen LogP) is 4.45. The number of rotatable bonds is 9. The highest BCUT2D eigenvalue weighted by molar-refractivity contribution is 7.99. The Morgan fingerprint density at radius 3 is 2.48 bits per heavy atom. The molecule has 3 aromatic rings. The van der Waals surface area contributed by atoms with Crippen LogP contribution in [0.3, 0.4) is 0 Å². The van der Waals surface area contributed by atoms with Crippen molar-refractivity contribution in [1.29, 1.82) is 0 Å². The summed E-state index contributed by atoms with van der Waals surface area (Å²) in [4.78, 5) is 24.5. The first-order valence-electron chi connectivity index (χ1n) is 9.97. The van der Waals surface area contributed by atoms with Crippen molar-refractivity contribution in [1.82, 2.24) is 14.8 Å². The number of carbonyl (C=O) groups is 2. The van der Waals surface area contributed by atoms with E-state index in [0.29, 0.717) is 40.3 Å². The van der Waals surface area contributed by atoms with E-state index in [4.69, 9.17) is 4.74 Å². The molecular weight excluding hydrogens is 412 g/mol. The fraction of sp³-hybridized carbons (Fsp3) is 0.304. The van der Waals surface area contributed by atoms with Crippen LogP contribution >= 0.6 is 11.8 Å². The van der Waals surface area contributed by atoms with Gasteiger partial charge in [0.15, 0.2) is 16.8 Å². The van der Waals surface area contributed by atoms with E-state index in [1.165, 1.54) is 11.8 Å². The number of nitrogens with one attached hydrogen (secondary N) is 1. The molecule has 0 unspecified atom stereocenters. The summed E-state index contributed by atoms with van der Waals surface area (Å²) in [6.45, 7) is 3.99. The third kappa shape index (κ3) is 5.73. The molecule has 0 spiro atoms. The standard InChI is InChI=1S/C23H26N4O3S/c1-15(2)13-21(29)24-17-11-9-16(10-12-17)19(28)14-31-23-26-25-22(27(23)3)18-7-5-6-8-20(18)30-4/h5-12,15H,13-14H2,1-4H3,(H,24,29). The number of thioether (sulfide) groups is 1. The largest absolute Gasteiger partial charge is 0.496 e. The molecule has 0 aliphatic heterocycles. The van der Waals surface area contributed by atoms with Gasteiger partial charge in [-0.05, 0) is 42.3 Å². The fourth-order valence-electron chi connectivity index (χ4n) is 3.04. The van der Waals surface area contributed by atoms with Crippen molar-refractivity contribution in [3.63, 3.8) is 0 Å². The molecule has 3 rings (SSSR count). The van der Waals surface area contributed by atoms with E-state index in [-0.39, 0.29) is 17.4 Å². The molecule has 162 valence electrons. The Balaban J connectivity index is 1.62. The number of ether oxygens (including phenoxy) is 1. The smallest absolute Gasteiger partial charge is 0.224 e. The van der Waals surface area contributed by atoms with Crippen molar-refractivity contribution in [2.24, 2.45) is 13.0 Å². The number of amides is 1. The maximum absolute atomic E-state index is 12.6. The molecule has 31 heavy (non-hydrogen) atoms. The summed E-state index contributed by atoms with van der Waals surface area (Å²) in [7, 11) is 3.48. The first-order chi connectivity index (χ1) is 14.9. The van der Waals surface area contributed by atoms with Crippen LogP contribution in [0.2, 0.25) is 0 Å². The molecule has 1 amide bonds. The van der Waals surface area contributed by atoms with Gasteiger partial charge in [0.2, 0.25) is 5.91 Å². The predicted molar refractivity (Wildman–Crippen MR) is 123 cm³/mol. The molecule has 7 nitrogen and oxygen atoms in total. The van der Waals surface area contributed by atoms with Gasteiger partial charge in [0.1, 0.15) is 5.75 Å². The van der Waals surface area contributed by atoms with Gasteiger partial charge in [0, 0.05) is 24.7 Å². The lowest BCUT2D eigenvalue weighted by atomic mass is 10.1. The van der Waals surface area contributed by atoms with Gasteiger partial charge >= 0.3 is 0 Å². The van der Waals surface area contributed by atoms with E-state index in [2.05, 4.69) is 15.5 Å². The Bertz CT molecular complexity index is 1060. The summed E-state index contributed by atoms with van der Waals surface area (Å²) in [5.74, 6) is 1.86. The minimum Gasteiger partial charge on any atom is -0.496 e. The zero-order valence-corrected chi connectivity index (χ0v) is 18.9. The fourth-order valence-corrected chi connectivity index (χ4v) is 3.85. The highest BCUT2D eigenvalue weighted by Gasteiger charge is 2.16. The highest BCUT2D eigenvalue weighted by Crippen LogP contribution is 2.30. The van der Waals surface area contributed by atoms with E-state index in [0.717, 1.165) is 5.56 Å². The number of nitrogens with zero attached hydrogens (tertiary/aromatic N) is 3. The van der Waals surface area contributed by atoms with Crippen LogP contribution in [0, 0.1) is 5.92 Å². The number of Topliss-reactive ketones (excluding diaryl/α,β-unsaturated/α-hetero) is 1. The Hall–Kier alpha value is -3.13. The number of hydrogen-bond donors (Lipinski definition) is 1. The zero-order chi connectivity index (χ0) is 22.4. The SMILES string of the molecule is COc1ccccc1-c1nnc(SCC(=O)c2ccc(NC(=O)CC(C)C)cc2)n1C. The summed E-state index contributed by atoms with van der Waals surface area (Å²) in [6.07, 6.45) is 0.464. The van der Waals surface area contributed by atoms with Crippen LogP contribution in [0.5, 0.6) is 5.75 Å². The molecule has 1 heterocycles. The van der Waals surface area contributed by atoms with Crippen molar-refractivity contribution < 1.29 is 14.3 Å². The van der Waals surface area contributed by atoms with Crippen LogP contribution in [-0.2, 0) is 11.8 Å². The van der Waals surface area contributed by atoms with E-state index in [1.54, 1.807) is 31.4 Å². The number of methoxy groups -OCH3 is 1. The Morgan fingerprint density at radius 2 is 1.81 bits per heavy atom. The molecule has 0 aliphatic rings. The van der Waals surface area contributed by atoms with Crippen LogP contribution in [0.25, 0.3) is 11.4 Å². The molecule has 0 atom stereocenters. The molecule has 0 radical (unpaired) electrons. The summed E-state index contributed by atoms with van der Waals surface area (Å²) < 4.78 is 7.25. The monoisotopic (exact) mass is 438 g/mol. The average molecular weight is 439 g/mol. The number of anilines is 1. The third-order valence-electron chi connectivity index (χ3n) is 4.60. The van der Waals surface area contributed by atoms with Crippen molar-refractivity contribution in [3.8, 4) is 17.1 Å². The summed E-state index contributed by atoms with van der Waals surface area (Å²) in [5.41, 5.74) is 2.11. The number of carbonyl (C=O) groups excluding carboxylic acids is 2. The number of hydrogen-bond acceptors (Lipinski definition) is 6. The first kappa shape index (κ1) is 22.6. The van der Waals surface area contributed by atoms with Gasteiger partial charge in [-0.15, -0.1) is 10.2 Å². The van der Waals surface area contributed by atoms with Crippen LogP contribution in [0.4, 0.5) is 5.69 Å². The molecule has 0 aliphatic carbocycles. The second kappa shape index (κ2) is 10.3. The van der Waals surface area contributed by atoms with Crippen molar-refractivity contribution in [3.05, 3.63) is 54.1 Å². The third-order valence-corrected chi connectivity index (χ3v) is 5.62.